The molecule has 1 heterocycles. The maximum absolute atomic E-state index is 14.0. The molecular weight excluding hydrogens is 548 g/mol. The van der Waals surface area contributed by atoms with E-state index in [0.29, 0.717) is 23.9 Å². The van der Waals surface area contributed by atoms with Crippen molar-refractivity contribution >= 4 is 38.0 Å². The van der Waals surface area contributed by atoms with Crippen molar-refractivity contribution in [2.75, 3.05) is 23.4 Å². The first kappa shape index (κ1) is 30.8. The summed E-state index contributed by atoms with van der Waals surface area (Å²) in [6.07, 6.45) is 2.50. The van der Waals surface area contributed by atoms with Crippen molar-refractivity contribution in [3.63, 3.8) is 0 Å². The maximum Gasteiger partial charge on any atom is 0.247 e. The lowest BCUT2D eigenvalue weighted by atomic mass is 9.97. The topological polar surface area (TPSA) is 123 Å². The van der Waals surface area contributed by atoms with E-state index >= 15 is 0 Å². The number of nitrogen functional groups attached to an aromatic ring is 1. The molecule has 0 spiro atoms. The molecule has 0 aliphatic heterocycles. The van der Waals surface area contributed by atoms with Crippen LogP contribution in [-0.2, 0) is 21.1 Å². The number of benzene rings is 3. The summed E-state index contributed by atoms with van der Waals surface area (Å²) >= 11 is 0. The lowest BCUT2D eigenvalue weighted by molar-refractivity contribution is -0.122. The van der Waals surface area contributed by atoms with Crippen LogP contribution in [0.15, 0.2) is 77.8 Å². The third-order valence-corrected chi connectivity index (χ3v) is 8.98. The van der Waals surface area contributed by atoms with Gasteiger partial charge in [0.15, 0.2) is 9.84 Å². The third-order valence-electron chi connectivity index (χ3n) is 7.18. The van der Waals surface area contributed by atoms with Gasteiger partial charge in [-0.05, 0) is 84.7 Å². The predicted molar refractivity (Wildman–Crippen MR) is 169 cm³/mol. The molecule has 1 aromatic heterocycles. The van der Waals surface area contributed by atoms with E-state index < -0.39 is 21.9 Å². The van der Waals surface area contributed by atoms with Gasteiger partial charge in [-0.25, -0.2) is 13.4 Å². The van der Waals surface area contributed by atoms with Crippen LogP contribution in [0.25, 0.3) is 10.8 Å². The Morgan fingerprint density at radius 2 is 1.76 bits per heavy atom. The number of anilines is 2. The number of nitrogens with zero attached hydrogens (tertiary/aromatic N) is 1. The van der Waals surface area contributed by atoms with Crippen molar-refractivity contribution < 1.29 is 17.9 Å². The van der Waals surface area contributed by atoms with Gasteiger partial charge >= 0.3 is 0 Å². The van der Waals surface area contributed by atoms with Gasteiger partial charge in [-0.15, -0.1) is 0 Å². The third kappa shape index (κ3) is 7.02. The summed E-state index contributed by atoms with van der Waals surface area (Å²) in [7, 11) is -3.48. The zero-order valence-corrected chi connectivity index (χ0v) is 25.7. The van der Waals surface area contributed by atoms with Gasteiger partial charge in [-0.3, -0.25) is 4.79 Å². The standard InChI is InChI=1S/C33H40N4O4S/c1-6-41-29-20-25(13-12-24(29)18-21(3)4)31(37-26-14-15-28-23(19-26)16-17-35-32(28)34)33(38)36-22(5)27-10-8-9-11-30(27)42(39,40)7-2/h8-17,19-22,31,37H,6-7,18H2,1-5H3,(H2,34,35)(H,36,38)/t22-,31?/m1/s1. The van der Waals surface area contributed by atoms with E-state index in [4.69, 9.17) is 10.5 Å². The molecule has 222 valence electrons. The molecule has 42 heavy (non-hydrogen) atoms. The van der Waals surface area contributed by atoms with Gasteiger partial charge in [0, 0.05) is 17.3 Å². The van der Waals surface area contributed by atoms with Gasteiger partial charge in [0.25, 0.3) is 0 Å². The molecule has 4 aromatic rings. The molecule has 4 rings (SSSR count). The number of carbonyl (C=O) groups is 1. The molecule has 0 bridgehead atoms. The van der Waals surface area contributed by atoms with Crippen molar-refractivity contribution in [1.29, 1.82) is 0 Å². The number of nitrogens with one attached hydrogen (secondary N) is 2. The van der Waals surface area contributed by atoms with Crippen LogP contribution in [-0.4, -0.2) is 31.7 Å². The van der Waals surface area contributed by atoms with E-state index in [0.717, 1.165) is 39.8 Å². The lowest BCUT2D eigenvalue weighted by Gasteiger charge is -2.25. The predicted octanol–water partition coefficient (Wildman–Crippen LogP) is 6.24. The summed E-state index contributed by atoms with van der Waals surface area (Å²) in [5, 5.41) is 8.17. The highest BCUT2D eigenvalue weighted by Crippen LogP contribution is 2.31. The van der Waals surface area contributed by atoms with Crippen molar-refractivity contribution in [1.82, 2.24) is 10.3 Å². The second-order valence-corrected chi connectivity index (χ2v) is 13.0. The number of aromatic nitrogens is 1. The lowest BCUT2D eigenvalue weighted by Crippen LogP contribution is -2.35. The van der Waals surface area contributed by atoms with E-state index in [9.17, 15) is 13.2 Å². The number of nitrogens with two attached hydrogens (primary N) is 1. The largest absolute Gasteiger partial charge is 0.494 e. The minimum atomic E-state index is -3.48. The Labute approximate surface area is 248 Å². The Balaban J connectivity index is 1.73. The molecule has 4 N–H and O–H groups in total. The summed E-state index contributed by atoms with van der Waals surface area (Å²) < 4.78 is 31.6. The Kier molecular flexibility index (Phi) is 9.73. The zero-order chi connectivity index (χ0) is 30.4. The van der Waals surface area contributed by atoms with Gasteiger partial charge in [0.05, 0.1) is 23.3 Å². The van der Waals surface area contributed by atoms with Crippen molar-refractivity contribution in [3.8, 4) is 5.75 Å². The number of hydrogen-bond donors (Lipinski definition) is 3. The number of rotatable bonds is 12. The van der Waals surface area contributed by atoms with E-state index in [-0.39, 0.29) is 16.6 Å². The number of amides is 1. The molecule has 2 atom stereocenters. The van der Waals surface area contributed by atoms with Crippen molar-refractivity contribution in [2.24, 2.45) is 5.92 Å². The first-order chi connectivity index (χ1) is 20.0. The van der Waals surface area contributed by atoms with Crippen molar-refractivity contribution in [2.45, 2.75) is 58.0 Å². The molecule has 0 fully saturated rings. The highest BCUT2D eigenvalue weighted by Gasteiger charge is 2.26. The Bertz CT molecular complexity index is 1670. The fourth-order valence-corrected chi connectivity index (χ4v) is 6.26. The van der Waals surface area contributed by atoms with Gasteiger partial charge in [0.2, 0.25) is 5.91 Å². The molecule has 9 heteroatoms. The van der Waals surface area contributed by atoms with Gasteiger partial charge in [-0.1, -0.05) is 51.1 Å². The van der Waals surface area contributed by atoms with Crippen LogP contribution in [0.1, 0.15) is 63.4 Å². The van der Waals surface area contributed by atoms with Crippen LogP contribution in [0.2, 0.25) is 0 Å². The molecule has 0 saturated heterocycles. The van der Waals surface area contributed by atoms with Gasteiger partial charge in [0.1, 0.15) is 17.6 Å². The molecule has 0 radical (unpaired) electrons. The number of sulfone groups is 1. The summed E-state index contributed by atoms with van der Waals surface area (Å²) in [4.78, 5) is 18.4. The average Bonchev–Trinajstić information content (AvgIpc) is 2.96. The normalized spacial score (nSPS) is 13.1. The van der Waals surface area contributed by atoms with Crippen LogP contribution in [0.4, 0.5) is 11.5 Å². The smallest absolute Gasteiger partial charge is 0.247 e. The molecule has 1 amide bonds. The number of carbonyl (C=O) groups excluding carboxylic acids is 1. The first-order valence-corrected chi connectivity index (χ1v) is 16.0. The van der Waals surface area contributed by atoms with Crippen LogP contribution in [0.3, 0.4) is 0 Å². The van der Waals surface area contributed by atoms with Crippen LogP contribution >= 0.6 is 0 Å². The summed E-state index contributed by atoms with van der Waals surface area (Å²) in [6.45, 7) is 10.2. The number of ether oxygens (including phenoxy) is 1. The van der Waals surface area contributed by atoms with E-state index in [2.05, 4.69) is 29.5 Å². The zero-order valence-electron chi connectivity index (χ0n) is 24.8. The molecule has 0 aliphatic rings. The monoisotopic (exact) mass is 588 g/mol. The second kappa shape index (κ2) is 13.2. The summed E-state index contributed by atoms with van der Waals surface area (Å²) in [5.74, 6) is 1.28. The average molecular weight is 589 g/mol. The molecular formula is C33H40N4O4S. The molecule has 8 nitrogen and oxygen atoms in total. The Morgan fingerprint density at radius 3 is 2.48 bits per heavy atom. The number of hydrogen-bond acceptors (Lipinski definition) is 7. The highest BCUT2D eigenvalue weighted by molar-refractivity contribution is 7.91. The second-order valence-electron chi connectivity index (χ2n) is 10.8. The van der Waals surface area contributed by atoms with E-state index in [1.165, 1.54) is 0 Å². The minimum Gasteiger partial charge on any atom is -0.494 e. The Morgan fingerprint density at radius 1 is 1.00 bits per heavy atom. The highest BCUT2D eigenvalue weighted by atomic mass is 32.2. The van der Waals surface area contributed by atoms with Crippen LogP contribution < -0.4 is 21.1 Å². The van der Waals surface area contributed by atoms with Crippen molar-refractivity contribution in [3.05, 3.63) is 89.6 Å². The minimum absolute atomic E-state index is 0.0280. The quantitative estimate of drug-likeness (QED) is 0.179. The fourth-order valence-electron chi connectivity index (χ4n) is 5.06. The molecule has 1 unspecified atom stereocenters. The molecule has 3 aromatic carbocycles. The fraction of sp³-hybridized carbons (Fsp3) is 0.333. The summed E-state index contributed by atoms with van der Waals surface area (Å²) in [5.41, 5.74) is 9.12. The van der Waals surface area contributed by atoms with Gasteiger partial charge < -0.3 is 21.1 Å². The molecule has 0 aliphatic carbocycles. The van der Waals surface area contributed by atoms with Crippen LogP contribution in [0.5, 0.6) is 5.75 Å². The maximum atomic E-state index is 14.0. The Hall–Kier alpha value is -4.11. The van der Waals surface area contributed by atoms with E-state index in [1.807, 2.05) is 49.4 Å². The van der Waals surface area contributed by atoms with E-state index in [1.54, 1.807) is 44.3 Å². The molecule has 0 saturated carbocycles. The first-order valence-electron chi connectivity index (χ1n) is 14.3. The van der Waals surface area contributed by atoms with Crippen LogP contribution in [0, 0.1) is 5.92 Å². The van der Waals surface area contributed by atoms with Gasteiger partial charge in [-0.2, -0.15) is 0 Å². The SMILES string of the molecule is CCOc1cc(C(Nc2ccc3c(N)nccc3c2)C(=O)N[C@H](C)c2ccccc2S(=O)(=O)CC)ccc1CC(C)C. The summed E-state index contributed by atoms with van der Waals surface area (Å²) in [6, 6.07) is 18.9. The number of pyridine rings is 1. The number of fused-ring (bicyclic) bond motifs is 1.